The van der Waals surface area contributed by atoms with E-state index in [9.17, 15) is 14.4 Å². The molecule has 1 amide bonds. The predicted octanol–water partition coefficient (Wildman–Crippen LogP) is 2.66. The van der Waals surface area contributed by atoms with Crippen LogP contribution in [0.2, 0.25) is 5.02 Å². The number of fused-ring (bicyclic) bond motifs is 1. The molecule has 1 saturated heterocycles. The minimum absolute atomic E-state index is 0.0826. The average Bonchev–Trinajstić information content (AvgIpc) is 3.05. The third kappa shape index (κ3) is 4.16. The van der Waals surface area contributed by atoms with Gasteiger partial charge in [-0.05, 0) is 42.7 Å². The Morgan fingerprint density at radius 2 is 1.67 bits per heavy atom. The van der Waals surface area contributed by atoms with Crippen LogP contribution in [0.4, 0.5) is 0 Å². The standard InChI is InChI=1S/C22H23ClN4O3/c23-17-9-7-16(8-10-17)14-27-21(29)20-18(6-5-11-24-20)26(22(27)30)15-19(28)25-12-3-1-2-4-13-25/h5-11H,1-4,12-15H2. The van der Waals surface area contributed by atoms with Crippen LogP contribution in [-0.2, 0) is 17.9 Å². The van der Waals surface area contributed by atoms with Gasteiger partial charge in [0.1, 0.15) is 6.54 Å². The molecule has 0 N–H and O–H groups in total. The smallest absolute Gasteiger partial charge is 0.332 e. The summed E-state index contributed by atoms with van der Waals surface area (Å²) in [5.41, 5.74) is 0.333. The van der Waals surface area contributed by atoms with Gasteiger partial charge in [-0.2, -0.15) is 0 Å². The summed E-state index contributed by atoms with van der Waals surface area (Å²) < 4.78 is 2.50. The number of nitrogens with zero attached hydrogens (tertiary/aromatic N) is 4. The van der Waals surface area contributed by atoms with Gasteiger partial charge in [-0.25, -0.2) is 9.78 Å². The monoisotopic (exact) mass is 426 g/mol. The Kier molecular flexibility index (Phi) is 5.99. The van der Waals surface area contributed by atoms with Gasteiger partial charge in [-0.3, -0.25) is 18.7 Å². The number of likely N-dealkylation sites (tertiary alicyclic amines) is 1. The van der Waals surface area contributed by atoms with E-state index in [1.807, 2.05) is 4.90 Å². The molecule has 2 aromatic heterocycles. The molecule has 1 fully saturated rings. The zero-order valence-electron chi connectivity index (χ0n) is 16.6. The molecule has 30 heavy (non-hydrogen) atoms. The van der Waals surface area contributed by atoms with Crippen molar-refractivity contribution < 1.29 is 4.79 Å². The van der Waals surface area contributed by atoms with Gasteiger partial charge in [-0.15, -0.1) is 0 Å². The van der Waals surface area contributed by atoms with Crippen molar-refractivity contribution >= 4 is 28.5 Å². The van der Waals surface area contributed by atoms with Crippen LogP contribution >= 0.6 is 11.6 Å². The molecule has 0 aliphatic carbocycles. The number of rotatable bonds is 4. The molecule has 8 heteroatoms. The Balaban J connectivity index is 1.76. The molecule has 156 valence electrons. The van der Waals surface area contributed by atoms with Crippen LogP contribution < -0.4 is 11.2 Å². The van der Waals surface area contributed by atoms with Crippen LogP contribution in [-0.4, -0.2) is 38.0 Å². The van der Waals surface area contributed by atoms with E-state index in [4.69, 9.17) is 11.6 Å². The van der Waals surface area contributed by atoms with Crippen molar-refractivity contribution in [3.8, 4) is 0 Å². The van der Waals surface area contributed by atoms with Gasteiger partial charge < -0.3 is 4.90 Å². The van der Waals surface area contributed by atoms with Crippen LogP contribution in [0, 0.1) is 0 Å². The van der Waals surface area contributed by atoms with Gasteiger partial charge in [0.15, 0.2) is 5.52 Å². The van der Waals surface area contributed by atoms with E-state index in [0.717, 1.165) is 35.8 Å². The molecule has 3 heterocycles. The lowest BCUT2D eigenvalue weighted by Crippen LogP contribution is -2.44. The highest BCUT2D eigenvalue weighted by Gasteiger charge is 2.20. The quantitative estimate of drug-likeness (QED) is 0.642. The van der Waals surface area contributed by atoms with Gasteiger partial charge in [0.2, 0.25) is 5.91 Å². The number of carbonyl (C=O) groups excluding carboxylic acids is 1. The second kappa shape index (κ2) is 8.83. The van der Waals surface area contributed by atoms with Crippen molar-refractivity contribution in [1.82, 2.24) is 19.0 Å². The zero-order valence-corrected chi connectivity index (χ0v) is 17.3. The van der Waals surface area contributed by atoms with Crippen LogP contribution in [0.5, 0.6) is 0 Å². The number of halogens is 1. The topological polar surface area (TPSA) is 77.2 Å². The summed E-state index contributed by atoms with van der Waals surface area (Å²) in [4.78, 5) is 45.2. The maximum Gasteiger partial charge on any atom is 0.332 e. The second-order valence-corrected chi connectivity index (χ2v) is 7.99. The molecule has 1 aliphatic heterocycles. The Hall–Kier alpha value is -2.93. The van der Waals surface area contributed by atoms with Crippen molar-refractivity contribution in [1.29, 1.82) is 0 Å². The lowest BCUT2D eigenvalue weighted by atomic mass is 10.2. The summed E-state index contributed by atoms with van der Waals surface area (Å²) in [5.74, 6) is -0.110. The number of hydrogen-bond acceptors (Lipinski definition) is 4. The summed E-state index contributed by atoms with van der Waals surface area (Å²) in [5, 5.41) is 0.576. The molecule has 0 saturated carbocycles. The average molecular weight is 427 g/mol. The Labute approximate surface area is 178 Å². The number of pyridine rings is 1. The number of benzene rings is 1. The largest absolute Gasteiger partial charge is 0.341 e. The molecule has 0 unspecified atom stereocenters. The van der Waals surface area contributed by atoms with Crippen molar-refractivity contribution in [3.05, 3.63) is 74.0 Å². The van der Waals surface area contributed by atoms with Crippen LogP contribution in [0.25, 0.3) is 11.0 Å². The zero-order chi connectivity index (χ0) is 21.1. The maximum absolute atomic E-state index is 13.3. The van der Waals surface area contributed by atoms with Crippen LogP contribution in [0.1, 0.15) is 31.2 Å². The molecule has 1 aromatic carbocycles. The molecular formula is C22H23ClN4O3. The van der Waals surface area contributed by atoms with E-state index in [-0.39, 0.29) is 24.5 Å². The van der Waals surface area contributed by atoms with E-state index in [0.29, 0.717) is 23.6 Å². The molecule has 0 spiro atoms. The van der Waals surface area contributed by atoms with Crippen molar-refractivity contribution in [2.45, 2.75) is 38.8 Å². The lowest BCUT2D eigenvalue weighted by molar-refractivity contribution is -0.131. The highest BCUT2D eigenvalue weighted by atomic mass is 35.5. The summed E-state index contributed by atoms with van der Waals surface area (Å²) in [7, 11) is 0. The third-order valence-corrected chi connectivity index (χ3v) is 5.74. The minimum atomic E-state index is -0.515. The van der Waals surface area contributed by atoms with Crippen LogP contribution in [0.3, 0.4) is 0 Å². The van der Waals surface area contributed by atoms with Gasteiger partial charge in [-0.1, -0.05) is 36.6 Å². The van der Waals surface area contributed by atoms with Crippen LogP contribution in [0.15, 0.2) is 52.2 Å². The summed E-state index contributed by atoms with van der Waals surface area (Å²) in [6, 6.07) is 10.3. The lowest BCUT2D eigenvalue weighted by Gasteiger charge is -2.21. The molecule has 0 atom stereocenters. The third-order valence-electron chi connectivity index (χ3n) is 5.49. The van der Waals surface area contributed by atoms with Gasteiger partial charge in [0, 0.05) is 24.3 Å². The predicted molar refractivity (Wildman–Crippen MR) is 116 cm³/mol. The molecule has 4 rings (SSSR count). The highest BCUT2D eigenvalue weighted by molar-refractivity contribution is 6.30. The first-order valence-electron chi connectivity index (χ1n) is 10.1. The van der Waals surface area contributed by atoms with Gasteiger partial charge in [0.05, 0.1) is 12.1 Å². The molecule has 7 nitrogen and oxygen atoms in total. The van der Waals surface area contributed by atoms with E-state index >= 15 is 0 Å². The Morgan fingerprint density at radius 3 is 2.37 bits per heavy atom. The van der Waals surface area contributed by atoms with E-state index < -0.39 is 11.2 Å². The first-order valence-corrected chi connectivity index (χ1v) is 10.5. The van der Waals surface area contributed by atoms with E-state index in [1.54, 1.807) is 36.4 Å². The Morgan fingerprint density at radius 1 is 0.967 bits per heavy atom. The molecule has 0 radical (unpaired) electrons. The number of carbonyl (C=O) groups is 1. The SMILES string of the molecule is O=C(Cn1c(=O)n(Cc2ccc(Cl)cc2)c(=O)c2ncccc21)N1CCCCCC1. The molecular weight excluding hydrogens is 404 g/mol. The number of amides is 1. The Bertz CT molecular complexity index is 1180. The highest BCUT2D eigenvalue weighted by Crippen LogP contribution is 2.13. The molecule has 0 bridgehead atoms. The summed E-state index contributed by atoms with van der Waals surface area (Å²) in [6.45, 7) is 1.38. The van der Waals surface area contributed by atoms with Crippen molar-refractivity contribution in [2.75, 3.05) is 13.1 Å². The summed E-state index contributed by atoms with van der Waals surface area (Å²) >= 11 is 5.94. The number of aromatic nitrogens is 3. The van der Waals surface area contributed by atoms with E-state index in [2.05, 4.69) is 4.98 Å². The minimum Gasteiger partial charge on any atom is -0.341 e. The normalized spacial score (nSPS) is 14.6. The second-order valence-electron chi connectivity index (χ2n) is 7.55. The van der Waals surface area contributed by atoms with Crippen molar-refractivity contribution in [3.63, 3.8) is 0 Å². The maximum atomic E-state index is 13.3. The molecule has 1 aliphatic rings. The fourth-order valence-corrected chi connectivity index (χ4v) is 3.99. The summed E-state index contributed by atoms with van der Waals surface area (Å²) in [6.07, 6.45) is 5.69. The van der Waals surface area contributed by atoms with Crippen molar-refractivity contribution in [2.24, 2.45) is 0 Å². The first kappa shape index (κ1) is 20.3. The fourth-order valence-electron chi connectivity index (χ4n) is 3.86. The van der Waals surface area contributed by atoms with E-state index in [1.165, 1.54) is 10.8 Å². The molecule has 3 aromatic rings. The van der Waals surface area contributed by atoms with Gasteiger partial charge >= 0.3 is 5.69 Å². The van der Waals surface area contributed by atoms with Gasteiger partial charge in [0.25, 0.3) is 5.56 Å². The first-order chi connectivity index (χ1) is 14.5. The fraction of sp³-hybridized carbons (Fsp3) is 0.364. The number of hydrogen-bond donors (Lipinski definition) is 0.